The molecule has 2 bridgehead atoms. The largest absolute Gasteiger partial charge is 0.504 e. The van der Waals surface area contributed by atoms with Crippen LogP contribution in [0.25, 0.3) is 6.08 Å². The molecule has 2 aromatic carbocycles. The molecule has 1 amide bonds. The normalized spacial score (nSPS) is 29.8. The number of amides is 1. The average Bonchev–Trinajstić information content (AvgIpc) is 3.64. The van der Waals surface area contributed by atoms with Crippen LogP contribution in [0.1, 0.15) is 54.4 Å². The van der Waals surface area contributed by atoms with E-state index < -0.39 is 27.2 Å². The number of hydrogen-bond acceptors (Lipinski definition) is 7. The number of hydrogen-bond donors (Lipinski definition) is 3. The lowest BCUT2D eigenvalue weighted by Crippen LogP contribution is -2.81. The van der Waals surface area contributed by atoms with Gasteiger partial charge in [0.25, 0.3) is 10.1 Å². The molecular weight excluding hydrogens is 544 g/mol. The first kappa shape index (κ1) is 27.9. The van der Waals surface area contributed by atoms with Crippen LogP contribution in [-0.2, 0) is 31.5 Å². The summed E-state index contributed by atoms with van der Waals surface area (Å²) >= 11 is 0. The molecule has 3 fully saturated rings. The fourth-order valence-corrected chi connectivity index (χ4v) is 7.67. The van der Waals surface area contributed by atoms with Crippen molar-refractivity contribution < 1.29 is 32.4 Å². The van der Waals surface area contributed by atoms with E-state index >= 15 is 0 Å². The van der Waals surface area contributed by atoms with Crippen LogP contribution in [0.4, 0.5) is 0 Å². The summed E-state index contributed by atoms with van der Waals surface area (Å²) < 4.78 is 32.2. The Labute approximate surface area is 240 Å². The molecule has 2 unspecified atom stereocenters. The Bertz CT molecular complexity index is 1520. The Balaban J connectivity index is 0.000000559. The Kier molecular flexibility index (Phi) is 6.79. The molecule has 4 atom stereocenters. The maximum atomic E-state index is 13.6. The first-order chi connectivity index (χ1) is 19.4. The van der Waals surface area contributed by atoms with E-state index in [9.17, 15) is 23.1 Å². The third-order valence-electron chi connectivity index (χ3n) is 9.46. The molecule has 9 nitrogen and oxygen atoms in total. The first-order valence-corrected chi connectivity index (χ1v) is 16.0. The number of nitrogens with zero attached hydrogens (tertiary/aromatic N) is 1. The number of rotatable bonds is 5. The van der Waals surface area contributed by atoms with Crippen molar-refractivity contribution in [2.24, 2.45) is 5.92 Å². The fraction of sp³-hybridized carbons (Fsp3) is 0.484. The number of carbonyl (C=O) groups excluding carboxylic acids is 2. The number of Topliss-reactive ketones (excluding diaryl/α,β-unsaturated/α-hetero) is 1. The van der Waals surface area contributed by atoms with Crippen molar-refractivity contribution in [1.29, 1.82) is 0 Å². The fourth-order valence-electron chi connectivity index (χ4n) is 7.67. The molecule has 7 rings (SSSR count). The molecular formula is C31H36N2O7S. The number of phenolic OH excluding ortho intramolecular Hbond substituents is 1. The van der Waals surface area contributed by atoms with Crippen LogP contribution in [0.5, 0.6) is 11.5 Å². The van der Waals surface area contributed by atoms with Crippen LogP contribution in [-0.4, -0.2) is 71.7 Å². The number of aromatic hydroxyl groups is 1. The molecule has 5 aliphatic rings. The van der Waals surface area contributed by atoms with E-state index in [2.05, 4.69) is 10.2 Å². The minimum Gasteiger partial charge on any atom is -0.504 e. The lowest BCUT2D eigenvalue weighted by atomic mass is 9.47. The Morgan fingerprint density at radius 1 is 1.17 bits per heavy atom. The number of benzene rings is 2. The summed E-state index contributed by atoms with van der Waals surface area (Å²) in [5.74, 6) is 1.21. The topological polar surface area (TPSA) is 133 Å². The van der Waals surface area contributed by atoms with Gasteiger partial charge in [-0.2, -0.15) is 8.42 Å². The monoisotopic (exact) mass is 580 g/mol. The van der Waals surface area contributed by atoms with E-state index in [0.717, 1.165) is 48.5 Å². The summed E-state index contributed by atoms with van der Waals surface area (Å²) in [4.78, 5) is 29.5. The summed E-state index contributed by atoms with van der Waals surface area (Å²) in [5, 5.41) is 14.2. The van der Waals surface area contributed by atoms with Gasteiger partial charge in [0.05, 0.1) is 17.2 Å². The van der Waals surface area contributed by atoms with Crippen LogP contribution >= 0.6 is 0 Å². The maximum Gasteiger partial charge on any atom is 0.261 e. The molecule has 0 radical (unpaired) electrons. The number of nitrogens with one attached hydrogen (secondary N) is 1. The highest BCUT2D eigenvalue weighted by Crippen LogP contribution is 2.65. The van der Waals surface area contributed by atoms with Gasteiger partial charge in [0.1, 0.15) is 0 Å². The highest BCUT2D eigenvalue weighted by atomic mass is 32.2. The van der Waals surface area contributed by atoms with Crippen molar-refractivity contribution >= 4 is 27.9 Å². The molecule has 2 saturated carbocycles. The highest BCUT2D eigenvalue weighted by Gasteiger charge is 2.73. The molecule has 2 heterocycles. The van der Waals surface area contributed by atoms with Gasteiger partial charge in [-0.05, 0) is 74.8 Å². The van der Waals surface area contributed by atoms with E-state index in [0.29, 0.717) is 24.8 Å². The zero-order valence-corrected chi connectivity index (χ0v) is 24.1. The third-order valence-corrected chi connectivity index (χ3v) is 9.46. The minimum atomic E-state index is -3.67. The molecule has 3 aliphatic carbocycles. The maximum absolute atomic E-state index is 13.6. The minimum absolute atomic E-state index is 0.0768. The van der Waals surface area contributed by atoms with Crippen molar-refractivity contribution in [3.05, 3.63) is 64.7 Å². The Morgan fingerprint density at radius 2 is 1.88 bits per heavy atom. The Hall–Kier alpha value is -3.21. The second-order valence-electron chi connectivity index (χ2n) is 12.2. The number of ketones is 1. The molecule has 0 aromatic heterocycles. The predicted molar refractivity (Wildman–Crippen MR) is 153 cm³/mol. The lowest BCUT2D eigenvalue weighted by Gasteiger charge is -2.65. The summed E-state index contributed by atoms with van der Waals surface area (Å²) in [6, 6.07) is 11.9. The van der Waals surface area contributed by atoms with Crippen LogP contribution < -0.4 is 10.1 Å². The number of likely N-dealkylation sites (tertiary alicyclic amines) is 1. The van der Waals surface area contributed by atoms with Crippen LogP contribution in [0.2, 0.25) is 0 Å². The SMILES string of the molecule is CS(=O)(=O)O.Cc1ccc(/C=C/C(=O)N[C@@]23CCC(=O)[C@@H]4Oc5c(O)ccc6c5C42CCN(CC2CC2)C3C6)cc1. The summed E-state index contributed by atoms with van der Waals surface area (Å²) in [6.07, 6.45) is 8.54. The number of aryl methyl sites for hydroxylation is 1. The van der Waals surface area contributed by atoms with E-state index in [1.807, 2.05) is 43.3 Å². The van der Waals surface area contributed by atoms with Crippen LogP contribution in [0, 0.1) is 12.8 Å². The summed E-state index contributed by atoms with van der Waals surface area (Å²) in [6.45, 7) is 3.96. The van der Waals surface area contributed by atoms with Crippen LogP contribution in [0.15, 0.2) is 42.5 Å². The van der Waals surface area contributed by atoms with Crippen LogP contribution in [0.3, 0.4) is 0 Å². The zero-order chi connectivity index (χ0) is 29.2. The van der Waals surface area contributed by atoms with E-state index in [-0.39, 0.29) is 23.5 Å². The van der Waals surface area contributed by atoms with E-state index in [4.69, 9.17) is 9.29 Å². The first-order valence-electron chi connectivity index (χ1n) is 14.2. The number of piperidine rings is 1. The summed E-state index contributed by atoms with van der Waals surface area (Å²) in [5.41, 5.74) is 2.99. The van der Waals surface area contributed by atoms with Gasteiger partial charge >= 0.3 is 0 Å². The van der Waals surface area contributed by atoms with Crippen molar-refractivity contribution in [3.8, 4) is 11.5 Å². The quantitative estimate of drug-likeness (QED) is 0.363. The van der Waals surface area contributed by atoms with Crippen molar-refractivity contribution in [2.75, 3.05) is 19.3 Å². The molecule has 1 saturated heterocycles. The third kappa shape index (κ3) is 4.85. The van der Waals surface area contributed by atoms with Gasteiger partial charge in [-0.3, -0.25) is 19.0 Å². The molecule has 10 heteroatoms. The second-order valence-corrected chi connectivity index (χ2v) is 13.7. The van der Waals surface area contributed by atoms with Gasteiger partial charge < -0.3 is 15.2 Å². The summed E-state index contributed by atoms with van der Waals surface area (Å²) in [7, 11) is -3.67. The predicted octanol–water partition coefficient (Wildman–Crippen LogP) is 3.18. The Morgan fingerprint density at radius 3 is 2.56 bits per heavy atom. The highest BCUT2D eigenvalue weighted by molar-refractivity contribution is 7.85. The van der Waals surface area contributed by atoms with Gasteiger partial charge in [-0.1, -0.05) is 35.9 Å². The van der Waals surface area contributed by atoms with Crippen molar-refractivity contribution in [2.45, 2.75) is 68.5 Å². The standard InChI is InChI=1S/C30H32N2O4.CH4O3S/c1-18-2-4-19(5-3-18)8-11-25(35)31-30-13-12-23(34)28-29(30)14-15-32(17-20-6-7-20)24(30)16-21-9-10-22(33)27(36-28)26(21)29;1-5(2,3)4/h2-5,8-11,20,24,28,33H,6-7,12-17H2,1H3,(H,31,35);1H3,(H,2,3,4)/b11-8+;/t24?,28-,29?,30+;/m0./s1. The molecule has 218 valence electrons. The second kappa shape index (κ2) is 9.96. The van der Waals surface area contributed by atoms with Gasteiger partial charge in [0.2, 0.25) is 5.91 Å². The van der Waals surface area contributed by atoms with E-state index in [1.165, 1.54) is 18.4 Å². The van der Waals surface area contributed by atoms with Gasteiger partial charge in [-0.15, -0.1) is 0 Å². The van der Waals surface area contributed by atoms with E-state index in [1.54, 1.807) is 12.1 Å². The average molecular weight is 581 g/mol. The number of carbonyl (C=O) groups is 2. The van der Waals surface area contributed by atoms with Gasteiger partial charge in [0, 0.05) is 30.6 Å². The molecule has 2 aliphatic heterocycles. The van der Waals surface area contributed by atoms with Gasteiger partial charge in [-0.25, -0.2) is 0 Å². The smallest absolute Gasteiger partial charge is 0.261 e. The number of phenols is 1. The lowest BCUT2D eigenvalue weighted by molar-refractivity contribution is -0.148. The molecule has 41 heavy (non-hydrogen) atoms. The molecule has 2 aromatic rings. The van der Waals surface area contributed by atoms with Crippen molar-refractivity contribution in [1.82, 2.24) is 10.2 Å². The van der Waals surface area contributed by atoms with Crippen molar-refractivity contribution in [3.63, 3.8) is 0 Å². The number of ether oxygens (including phenoxy) is 1. The molecule has 3 N–H and O–H groups in total. The van der Waals surface area contributed by atoms with Gasteiger partial charge in [0.15, 0.2) is 23.4 Å². The zero-order valence-electron chi connectivity index (χ0n) is 23.3. The molecule has 1 spiro atoms.